The lowest BCUT2D eigenvalue weighted by molar-refractivity contribution is 0.590. The molecule has 2 aliphatic rings. The van der Waals surface area contributed by atoms with Crippen molar-refractivity contribution in [3.63, 3.8) is 0 Å². The fraction of sp³-hybridized carbons (Fsp3) is 0.204. The van der Waals surface area contributed by atoms with Gasteiger partial charge in [0.05, 0.1) is 33.4 Å². The fourth-order valence-electron chi connectivity index (χ4n) is 16.5. The second-order valence-electron chi connectivity index (χ2n) is 34.3. The topological polar surface area (TPSA) is 16.3 Å². The average molecular weight is 1340 g/mol. The van der Waals surface area contributed by atoms with E-state index < -0.39 is 0 Å². The van der Waals surface area contributed by atoms with Gasteiger partial charge in [0.15, 0.2) is 0 Å². The smallest absolute Gasteiger partial charge is 0.252 e. The van der Waals surface area contributed by atoms with E-state index in [1.807, 2.05) is 0 Å². The molecule has 2 aromatic heterocycles. The third kappa shape index (κ3) is 11.1. The van der Waals surface area contributed by atoms with Gasteiger partial charge in [-0.3, -0.25) is 0 Å². The molecule has 2 aliphatic heterocycles. The maximum atomic E-state index is 2.70. The molecule has 0 saturated carbocycles. The molecule has 0 N–H and O–H groups in total. The predicted octanol–water partition coefficient (Wildman–Crippen LogP) is 25.1. The highest BCUT2D eigenvalue weighted by Crippen LogP contribution is 2.53. The Balaban J connectivity index is 1.02. The Hall–Kier alpha value is -10.9. The zero-order valence-corrected chi connectivity index (χ0v) is 62.4. The van der Waals surface area contributed by atoms with Crippen LogP contribution < -0.4 is 26.2 Å². The van der Waals surface area contributed by atoms with E-state index in [1.165, 1.54) is 110 Å². The summed E-state index contributed by atoms with van der Waals surface area (Å²) in [6.07, 6.45) is 0. The number of hydrogen-bond acceptors (Lipinski definition) is 2. The molecule has 0 unspecified atom stereocenters. The normalized spacial score (nSPS) is 13.3. The Kier molecular flexibility index (Phi) is 15.2. The lowest BCUT2D eigenvalue weighted by Gasteiger charge is -2.46. The number of fused-ring (bicyclic) bond motifs is 10. The first-order valence-corrected chi connectivity index (χ1v) is 37.0. The zero-order chi connectivity index (χ0) is 71.4. The van der Waals surface area contributed by atoms with Gasteiger partial charge in [-0.1, -0.05) is 298 Å². The molecule has 0 radical (unpaired) electrons. The maximum absolute atomic E-state index is 2.70. The van der Waals surface area contributed by atoms with Crippen molar-refractivity contribution >= 4 is 101 Å². The molecule has 5 heteroatoms. The van der Waals surface area contributed by atoms with Crippen LogP contribution in [0.5, 0.6) is 0 Å². The van der Waals surface area contributed by atoms with Crippen LogP contribution in [-0.4, -0.2) is 15.8 Å². The summed E-state index contributed by atoms with van der Waals surface area (Å²) in [5.74, 6) is 0. The van der Waals surface area contributed by atoms with Gasteiger partial charge in [0.25, 0.3) is 6.71 Å². The minimum absolute atomic E-state index is 0.0306. The Bertz CT molecular complexity index is 5550. The predicted molar refractivity (Wildman–Crippen MR) is 444 cm³/mol. The number of para-hydroxylation sites is 2. The zero-order valence-electron chi connectivity index (χ0n) is 62.4. The van der Waals surface area contributed by atoms with Crippen molar-refractivity contribution in [3.05, 3.63) is 307 Å². The van der Waals surface area contributed by atoms with Crippen molar-refractivity contribution in [2.75, 3.05) is 9.80 Å². The monoisotopic (exact) mass is 1330 g/mol. The van der Waals surface area contributed by atoms with Crippen LogP contribution in [0, 0.1) is 0 Å². The van der Waals surface area contributed by atoms with E-state index in [-0.39, 0.29) is 33.8 Å². The van der Waals surface area contributed by atoms with Crippen LogP contribution in [-0.2, 0) is 27.1 Å². The molecule has 13 aromatic carbocycles. The highest BCUT2D eigenvalue weighted by Gasteiger charge is 2.46. The summed E-state index contributed by atoms with van der Waals surface area (Å²) in [4.78, 5) is 5.39. The van der Waals surface area contributed by atoms with Gasteiger partial charge in [-0.25, -0.2) is 0 Å². The molecule has 0 fully saturated rings. The van der Waals surface area contributed by atoms with E-state index in [0.29, 0.717) is 0 Å². The third-order valence-corrected chi connectivity index (χ3v) is 22.3. The maximum Gasteiger partial charge on any atom is 0.252 e. The van der Waals surface area contributed by atoms with Gasteiger partial charge < -0.3 is 18.9 Å². The molecule has 0 saturated heterocycles. The number of benzene rings is 13. The van der Waals surface area contributed by atoms with Gasteiger partial charge in [0.1, 0.15) is 0 Å². The van der Waals surface area contributed by atoms with Gasteiger partial charge in [0.2, 0.25) is 0 Å². The Morgan fingerprint density at radius 2 is 0.573 bits per heavy atom. The van der Waals surface area contributed by atoms with E-state index in [1.54, 1.807) is 0 Å². The van der Waals surface area contributed by atoms with E-state index in [4.69, 9.17) is 0 Å². The first-order chi connectivity index (χ1) is 49.2. The molecule has 4 nitrogen and oxygen atoms in total. The van der Waals surface area contributed by atoms with Crippen LogP contribution >= 0.6 is 0 Å². The molecule has 0 spiro atoms. The van der Waals surface area contributed by atoms with E-state index in [0.717, 1.165) is 67.5 Å². The van der Waals surface area contributed by atoms with Crippen LogP contribution in [0.15, 0.2) is 279 Å². The van der Waals surface area contributed by atoms with E-state index >= 15 is 0 Å². The lowest BCUT2D eigenvalue weighted by Crippen LogP contribution is -2.61. The summed E-state index contributed by atoms with van der Waals surface area (Å²) >= 11 is 0. The summed E-state index contributed by atoms with van der Waals surface area (Å²) in [6.45, 7) is 34.8. The van der Waals surface area contributed by atoms with Crippen molar-refractivity contribution in [2.24, 2.45) is 0 Å². The molecule has 4 heterocycles. The second kappa shape index (κ2) is 23.9. The number of hydrogen-bond donors (Lipinski definition) is 0. The minimum Gasteiger partial charge on any atom is -0.311 e. The Morgan fingerprint density at radius 3 is 0.971 bits per heavy atom. The summed E-state index contributed by atoms with van der Waals surface area (Å²) < 4.78 is 5.06. The van der Waals surface area contributed by atoms with Crippen molar-refractivity contribution < 1.29 is 0 Å². The first-order valence-electron chi connectivity index (χ1n) is 37.0. The summed E-state index contributed by atoms with van der Waals surface area (Å²) in [6, 6.07) is 108. The molecule has 17 rings (SSSR count). The fourth-order valence-corrected chi connectivity index (χ4v) is 16.5. The van der Waals surface area contributed by atoms with Gasteiger partial charge in [-0.05, 0) is 190 Å². The van der Waals surface area contributed by atoms with Crippen LogP contribution in [0.2, 0.25) is 0 Å². The average Bonchev–Trinajstić information content (AvgIpc) is 0.882. The molecule has 103 heavy (non-hydrogen) atoms. The molecular formula is C98H91BN4. The van der Waals surface area contributed by atoms with Crippen LogP contribution in [0.1, 0.15) is 132 Å². The van der Waals surface area contributed by atoms with Crippen LogP contribution in [0.25, 0.3) is 99.5 Å². The molecular weight excluding hydrogens is 1240 g/mol. The SMILES string of the molecule is CC(C)(C)c1cccc(-c2ccc(-c3ccccc3)c(N3c4cc(-n5c6ccccc6c6cc(C(C)(C)C)ccc65)ccc4B4c5ccc(-n6c7ccccc7c7cc(C(C)(C)C)ccc76)cc5N(c5cc(-c6cccc(C(C)(C)C)c6)ccc5-c5ccccc5)c5cc(C(C)(C)C)cc3c54)c2)c1. The number of aromatic nitrogens is 2. The van der Waals surface area contributed by atoms with Gasteiger partial charge >= 0.3 is 0 Å². The van der Waals surface area contributed by atoms with Crippen molar-refractivity contribution in [1.29, 1.82) is 0 Å². The van der Waals surface area contributed by atoms with E-state index in [2.05, 4.69) is 402 Å². The number of nitrogens with zero attached hydrogens (tertiary/aromatic N) is 4. The lowest BCUT2D eigenvalue weighted by atomic mass is 9.33. The van der Waals surface area contributed by atoms with Crippen molar-refractivity contribution in [2.45, 2.75) is 131 Å². The second-order valence-corrected chi connectivity index (χ2v) is 34.3. The molecule has 0 aliphatic carbocycles. The van der Waals surface area contributed by atoms with Crippen molar-refractivity contribution in [3.8, 4) is 55.9 Å². The van der Waals surface area contributed by atoms with Crippen LogP contribution in [0.3, 0.4) is 0 Å². The van der Waals surface area contributed by atoms with Crippen LogP contribution in [0.4, 0.5) is 34.1 Å². The number of anilines is 6. The largest absolute Gasteiger partial charge is 0.311 e. The number of rotatable bonds is 8. The molecule has 0 bridgehead atoms. The quantitative estimate of drug-likeness (QED) is 0.141. The van der Waals surface area contributed by atoms with Gasteiger partial charge in [-0.15, -0.1) is 0 Å². The highest BCUT2D eigenvalue weighted by molar-refractivity contribution is 7.00. The highest BCUT2D eigenvalue weighted by atomic mass is 15.2. The van der Waals surface area contributed by atoms with Crippen molar-refractivity contribution in [1.82, 2.24) is 9.13 Å². The minimum atomic E-state index is -0.304. The summed E-state index contributed by atoms with van der Waals surface area (Å²) in [7, 11) is 0. The summed E-state index contributed by atoms with van der Waals surface area (Å²) in [5, 5.41) is 5.01. The molecule has 506 valence electrons. The molecule has 0 atom stereocenters. The van der Waals surface area contributed by atoms with Gasteiger partial charge in [-0.2, -0.15) is 0 Å². The van der Waals surface area contributed by atoms with Gasteiger partial charge in [0, 0.05) is 66.8 Å². The molecule has 0 amide bonds. The molecule has 15 aromatic rings. The third-order valence-electron chi connectivity index (χ3n) is 22.3. The van der Waals surface area contributed by atoms with E-state index in [9.17, 15) is 0 Å². The Morgan fingerprint density at radius 1 is 0.223 bits per heavy atom. The Labute approximate surface area is 609 Å². The first kappa shape index (κ1) is 65.4. The standard InChI is InChI=1S/C98H91BN4/c1-94(2,3)68-34-26-32-64(52-68)66-40-46-75(62-28-18-16-19-29-62)87(54-66)102-89-60-73(100-83-38-24-22-36-77(83)79-56-70(96(7,8)9)42-50-85(79)100)44-48-81(89)99-82-49-45-74(101-84-39-25-23-37-78(84)80-57-71(97(10,11)12)43-51-86(80)101)61-90(82)103(92-59-72(98(13,14)15)58-91(102)93(92)99)88-55-67(41-47-76(88)63-30-20-17-21-31-63)65-33-27-35-69(53-65)95(4,5)6/h16-61H,1-15H3. The summed E-state index contributed by atoms with van der Waals surface area (Å²) in [5.41, 5.74) is 32.9.